The molecule has 0 aromatic heterocycles. The lowest BCUT2D eigenvalue weighted by Crippen LogP contribution is -1.94. The standard InChI is InChI=1S/C8H5ClN2O/c9-8(11-12)7-4-2-1-3-6(7)5-10/h1-4,12H/b11-8-. The van der Waals surface area contributed by atoms with Gasteiger partial charge in [-0.25, -0.2) is 0 Å². The van der Waals surface area contributed by atoms with Gasteiger partial charge in [-0.15, -0.1) is 0 Å². The molecule has 0 saturated carbocycles. The first-order valence-corrected chi connectivity index (χ1v) is 3.54. The average molecular weight is 181 g/mol. The summed E-state index contributed by atoms with van der Waals surface area (Å²) in [5.41, 5.74) is 0.824. The lowest BCUT2D eigenvalue weighted by molar-refractivity contribution is 0.321. The summed E-state index contributed by atoms with van der Waals surface area (Å²) in [6, 6.07) is 8.57. The van der Waals surface area contributed by atoms with Crippen molar-refractivity contribution in [3.05, 3.63) is 35.4 Å². The Kier molecular flexibility index (Phi) is 2.67. The molecule has 0 radical (unpaired) electrons. The highest BCUT2D eigenvalue weighted by Crippen LogP contribution is 2.10. The third-order valence-electron chi connectivity index (χ3n) is 1.36. The number of oxime groups is 1. The van der Waals surface area contributed by atoms with Crippen molar-refractivity contribution < 1.29 is 5.21 Å². The smallest absolute Gasteiger partial charge is 0.176 e. The van der Waals surface area contributed by atoms with Gasteiger partial charge in [0.25, 0.3) is 0 Å². The number of hydrogen-bond acceptors (Lipinski definition) is 3. The Morgan fingerprint density at radius 3 is 2.75 bits per heavy atom. The van der Waals surface area contributed by atoms with Crippen LogP contribution < -0.4 is 0 Å². The maximum absolute atomic E-state index is 8.62. The van der Waals surface area contributed by atoms with Gasteiger partial charge in [-0.3, -0.25) is 0 Å². The van der Waals surface area contributed by atoms with Crippen molar-refractivity contribution in [2.24, 2.45) is 5.16 Å². The lowest BCUT2D eigenvalue weighted by Gasteiger charge is -1.97. The minimum absolute atomic E-state index is 0.0767. The van der Waals surface area contributed by atoms with E-state index in [0.29, 0.717) is 11.1 Å². The fourth-order valence-electron chi connectivity index (χ4n) is 0.814. The van der Waals surface area contributed by atoms with Crippen LogP contribution in [0.25, 0.3) is 0 Å². The van der Waals surface area contributed by atoms with Gasteiger partial charge in [-0.1, -0.05) is 35.0 Å². The molecule has 0 fully saturated rings. The van der Waals surface area contributed by atoms with Gasteiger partial charge in [0.2, 0.25) is 0 Å². The molecule has 0 saturated heterocycles. The minimum atomic E-state index is -0.0767. The van der Waals surface area contributed by atoms with Crippen LogP contribution in [-0.4, -0.2) is 10.4 Å². The summed E-state index contributed by atoms with van der Waals surface area (Å²) in [4.78, 5) is 0. The molecule has 0 spiro atoms. The normalized spacial score (nSPS) is 10.8. The second-order valence-electron chi connectivity index (χ2n) is 2.05. The highest BCUT2D eigenvalue weighted by Gasteiger charge is 2.05. The van der Waals surface area contributed by atoms with Crippen molar-refractivity contribution in [3.8, 4) is 6.07 Å². The number of nitrogens with zero attached hydrogens (tertiary/aromatic N) is 2. The van der Waals surface area contributed by atoms with Crippen LogP contribution in [0.15, 0.2) is 29.4 Å². The van der Waals surface area contributed by atoms with Gasteiger partial charge in [-0.05, 0) is 6.07 Å². The Hall–Kier alpha value is -1.53. The quantitative estimate of drug-likeness (QED) is 0.408. The number of benzene rings is 1. The van der Waals surface area contributed by atoms with Gasteiger partial charge in [0.15, 0.2) is 5.17 Å². The zero-order chi connectivity index (χ0) is 8.97. The molecule has 0 atom stereocenters. The Balaban J connectivity index is 3.25. The summed E-state index contributed by atoms with van der Waals surface area (Å²) in [5, 5.41) is 19.7. The average Bonchev–Trinajstić information content (AvgIpc) is 2.16. The van der Waals surface area contributed by atoms with E-state index in [1.54, 1.807) is 24.3 Å². The first-order valence-electron chi connectivity index (χ1n) is 3.16. The van der Waals surface area contributed by atoms with Crippen LogP contribution in [0.3, 0.4) is 0 Å². The molecule has 0 aliphatic rings. The van der Waals surface area contributed by atoms with Gasteiger partial charge >= 0.3 is 0 Å². The highest BCUT2D eigenvalue weighted by molar-refractivity contribution is 6.69. The molecule has 3 nitrogen and oxygen atoms in total. The fourth-order valence-corrected chi connectivity index (χ4v) is 0.979. The fraction of sp³-hybridized carbons (Fsp3) is 0. The monoisotopic (exact) mass is 180 g/mol. The minimum Gasteiger partial charge on any atom is -0.410 e. The van der Waals surface area contributed by atoms with Crippen molar-refractivity contribution >= 4 is 16.8 Å². The van der Waals surface area contributed by atoms with Gasteiger partial charge < -0.3 is 5.21 Å². The maximum atomic E-state index is 8.62. The number of nitriles is 1. The lowest BCUT2D eigenvalue weighted by atomic mass is 10.1. The van der Waals surface area contributed by atoms with Crippen molar-refractivity contribution in [2.45, 2.75) is 0 Å². The molecular formula is C8H5ClN2O. The van der Waals surface area contributed by atoms with Crippen LogP contribution in [0.4, 0.5) is 0 Å². The Bertz CT molecular complexity index is 354. The Morgan fingerprint density at radius 2 is 2.17 bits per heavy atom. The third kappa shape index (κ3) is 1.55. The van der Waals surface area contributed by atoms with E-state index in [2.05, 4.69) is 5.16 Å². The van der Waals surface area contributed by atoms with E-state index < -0.39 is 0 Å². The highest BCUT2D eigenvalue weighted by atomic mass is 35.5. The van der Waals surface area contributed by atoms with E-state index in [-0.39, 0.29) is 5.17 Å². The van der Waals surface area contributed by atoms with Crippen LogP contribution in [-0.2, 0) is 0 Å². The van der Waals surface area contributed by atoms with Crippen molar-refractivity contribution in [2.75, 3.05) is 0 Å². The topological polar surface area (TPSA) is 56.4 Å². The van der Waals surface area contributed by atoms with E-state index in [1.165, 1.54) is 0 Å². The zero-order valence-corrected chi connectivity index (χ0v) is 6.78. The number of rotatable bonds is 1. The molecule has 12 heavy (non-hydrogen) atoms. The molecule has 4 heteroatoms. The molecule has 1 N–H and O–H groups in total. The molecule has 0 heterocycles. The predicted octanol–water partition coefficient (Wildman–Crippen LogP) is 1.93. The van der Waals surface area contributed by atoms with Gasteiger partial charge in [-0.2, -0.15) is 5.26 Å². The molecule has 1 aromatic carbocycles. The Labute approximate surface area is 74.5 Å². The zero-order valence-electron chi connectivity index (χ0n) is 6.03. The summed E-state index contributed by atoms with van der Waals surface area (Å²) < 4.78 is 0. The summed E-state index contributed by atoms with van der Waals surface area (Å²) in [6.07, 6.45) is 0. The van der Waals surface area contributed by atoms with Gasteiger partial charge in [0, 0.05) is 5.56 Å². The van der Waals surface area contributed by atoms with Gasteiger partial charge in [0.05, 0.1) is 11.6 Å². The first-order chi connectivity index (χ1) is 5.79. The largest absolute Gasteiger partial charge is 0.410 e. The summed E-state index contributed by atoms with van der Waals surface area (Å²) in [6.45, 7) is 0. The van der Waals surface area contributed by atoms with Crippen molar-refractivity contribution in [1.29, 1.82) is 5.26 Å². The molecule has 60 valence electrons. The molecule has 0 unspecified atom stereocenters. The second kappa shape index (κ2) is 3.74. The van der Waals surface area contributed by atoms with Crippen LogP contribution in [0.5, 0.6) is 0 Å². The van der Waals surface area contributed by atoms with E-state index >= 15 is 0 Å². The van der Waals surface area contributed by atoms with E-state index in [0.717, 1.165) is 0 Å². The van der Waals surface area contributed by atoms with Crippen LogP contribution in [0.2, 0.25) is 0 Å². The summed E-state index contributed by atoms with van der Waals surface area (Å²) >= 11 is 5.52. The van der Waals surface area contributed by atoms with Crippen molar-refractivity contribution in [1.82, 2.24) is 0 Å². The SMILES string of the molecule is N#Cc1ccccc1/C(Cl)=N/O. The molecule has 0 aliphatic heterocycles. The number of halogens is 1. The van der Waals surface area contributed by atoms with Crippen LogP contribution in [0.1, 0.15) is 11.1 Å². The predicted molar refractivity (Wildman–Crippen MR) is 45.3 cm³/mol. The van der Waals surface area contributed by atoms with E-state index in [4.69, 9.17) is 22.1 Å². The summed E-state index contributed by atoms with van der Waals surface area (Å²) in [5.74, 6) is 0. The first kappa shape index (κ1) is 8.57. The van der Waals surface area contributed by atoms with E-state index in [1.807, 2.05) is 6.07 Å². The van der Waals surface area contributed by atoms with E-state index in [9.17, 15) is 0 Å². The van der Waals surface area contributed by atoms with Gasteiger partial charge in [0.1, 0.15) is 0 Å². The van der Waals surface area contributed by atoms with Crippen LogP contribution in [0, 0.1) is 11.3 Å². The Morgan fingerprint density at radius 1 is 1.50 bits per heavy atom. The van der Waals surface area contributed by atoms with Crippen LogP contribution >= 0.6 is 11.6 Å². The molecule has 0 amide bonds. The molecule has 1 aromatic rings. The third-order valence-corrected chi connectivity index (χ3v) is 1.64. The maximum Gasteiger partial charge on any atom is 0.176 e. The molecular weight excluding hydrogens is 176 g/mol. The molecule has 0 aliphatic carbocycles. The molecule has 0 bridgehead atoms. The number of hydrogen-bond donors (Lipinski definition) is 1. The second-order valence-corrected chi connectivity index (χ2v) is 2.41. The molecule has 1 rings (SSSR count). The van der Waals surface area contributed by atoms with Crippen molar-refractivity contribution in [3.63, 3.8) is 0 Å². The summed E-state index contributed by atoms with van der Waals surface area (Å²) in [7, 11) is 0.